The highest BCUT2D eigenvalue weighted by molar-refractivity contribution is 5.51. The highest BCUT2D eigenvalue weighted by Crippen LogP contribution is 2.22. The first-order valence-electron chi connectivity index (χ1n) is 4.85. The van der Waals surface area contributed by atoms with Crippen molar-refractivity contribution in [2.75, 3.05) is 32.1 Å². The molecule has 1 aliphatic heterocycles. The van der Waals surface area contributed by atoms with Crippen molar-refractivity contribution in [3.8, 4) is 6.07 Å². The number of anilines is 1. The summed E-state index contributed by atoms with van der Waals surface area (Å²) >= 11 is 0. The molecule has 0 radical (unpaired) electrons. The van der Waals surface area contributed by atoms with E-state index in [1.165, 1.54) is 0 Å². The van der Waals surface area contributed by atoms with Gasteiger partial charge in [0.2, 0.25) is 0 Å². The normalized spacial score (nSPS) is 16.3. The summed E-state index contributed by atoms with van der Waals surface area (Å²) in [6.07, 6.45) is 3.17. The minimum atomic E-state index is 0.412. The maximum atomic E-state index is 8.87. The Bertz CT molecular complexity index is 389. The molecule has 5 nitrogen and oxygen atoms in total. The van der Waals surface area contributed by atoms with Gasteiger partial charge in [-0.05, 0) is 14.1 Å². The van der Waals surface area contributed by atoms with Gasteiger partial charge in [-0.25, -0.2) is 9.97 Å². The average Bonchev–Trinajstić information content (AvgIpc) is 2.15. The average molecular weight is 203 g/mol. The number of hydrogen-bond donors (Lipinski definition) is 0. The Kier molecular flexibility index (Phi) is 2.52. The van der Waals surface area contributed by atoms with Crippen LogP contribution in [0.5, 0.6) is 0 Å². The van der Waals surface area contributed by atoms with Gasteiger partial charge in [-0.3, -0.25) is 0 Å². The Hall–Kier alpha value is -1.67. The monoisotopic (exact) mass is 203 g/mol. The van der Waals surface area contributed by atoms with Crippen LogP contribution in [0.25, 0.3) is 0 Å². The molecule has 0 bridgehead atoms. The van der Waals surface area contributed by atoms with Gasteiger partial charge in [-0.15, -0.1) is 0 Å². The first-order valence-corrected chi connectivity index (χ1v) is 4.85. The number of hydrogen-bond acceptors (Lipinski definition) is 5. The number of nitriles is 1. The summed E-state index contributed by atoms with van der Waals surface area (Å²) < 4.78 is 0. The van der Waals surface area contributed by atoms with Crippen molar-refractivity contribution in [3.63, 3.8) is 0 Å². The molecule has 2 rings (SSSR count). The van der Waals surface area contributed by atoms with E-state index < -0.39 is 0 Å². The predicted octanol–water partition coefficient (Wildman–Crippen LogP) is 0.0985. The van der Waals surface area contributed by atoms with E-state index in [4.69, 9.17) is 5.26 Å². The number of rotatable bonds is 2. The molecule has 0 unspecified atom stereocenters. The Morgan fingerprint density at radius 1 is 1.40 bits per heavy atom. The van der Waals surface area contributed by atoms with E-state index in [0.29, 0.717) is 17.6 Å². The van der Waals surface area contributed by atoms with Gasteiger partial charge in [0.15, 0.2) is 11.5 Å². The summed E-state index contributed by atoms with van der Waals surface area (Å²) in [4.78, 5) is 12.4. The lowest BCUT2D eigenvalue weighted by molar-refractivity contribution is 0.246. The molecule has 1 aliphatic rings. The molecule has 0 aliphatic carbocycles. The second kappa shape index (κ2) is 3.83. The molecule has 0 N–H and O–H groups in total. The van der Waals surface area contributed by atoms with E-state index in [-0.39, 0.29) is 0 Å². The lowest BCUT2D eigenvalue weighted by atomic mass is 10.1. The first-order chi connectivity index (χ1) is 7.22. The van der Waals surface area contributed by atoms with Crippen molar-refractivity contribution in [2.24, 2.45) is 0 Å². The summed E-state index contributed by atoms with van der Waals surface area (Å²) in [7, 11) is 4.12. The SMILES string of the molecule is CN(C)C1CN(c2nccnc2C#N)C1. The van der Waals surface area contributed by atoms with E-state index in [0.717, 1.165) is 13.1 Å². The molecule has 2 heterocycles. The molecule has 0 saturated carbocycles. The van der Waals surface area contributed by atoms with Crippen LogP contribution in [0.1, 0.15) is 5.69 Å². The van der Waals surface area contributed by atoms with E-state index in [2.05, 4.69) is 39.9 Å². The quantitative estimate of drug-likeness (QED) is 0.682. The molecule has 1 aromatic rings. The summed E-state index contributed by atoms with van der Waals surface area (Å²) in [5, 5.41) is 8.87. The van der Waals surface area contributed by atoms with Crippen LogP contribution in [0, 0.1) is 11.3 Å². The molecular weight excluding hydrogens is 190 g/mol. The maximum Gasteiger partial charge on any atom is 0.183 e. The zero-order valence-corrected chi connectivity index (χ0v) is 8.88. The lowest BCUT2D eigenvalue weighted by Gasteiger charge is -2.43. The molecule has 1 aromatic heterocycles. The van der Waals surface area contributed by atoms with Crippen LogP contribution >= 0.6 is 0 Å². The van der Waals surface area contributed by atoms with Crippen molar-refractivity contribution in [1.82, 2.24) is 14.9 Å². The van der Waals surface area contributed by atoms with Gasteiger partial charge in [0.25, 0.3) is 0 Å². The Balaban J connectivity index is 2.10. The van der Waals surface area contributed by atoms with Gasteiger partial charge in [-0.2, -0.15) is 5.26 Å². The third-order valence-electron chi connectivity index (χ3n) is 2.68. The van der Waals surface area contributed by atoms with Gasteiger partial charge in [0.05, 0.1) is 0 Å². The molecule has 5 heteroatoms. The Labute approximate surface area is 89.0 Å². The number of nitrogens with zero attached hydrogens (tertiary/aromatic N) is 5. The van der Waals surface area contributed by atoms with Crippen molar-refractivity contribution in [2.45, 2.75) is 6.04 Å². The summed E-state index contributed by atoms with van der Waals surface area (Å²) in [6.45, 7) is 1.83. The lowest BCUT2D eigenvalue weighted by Crippen LogP contribution is -2.58. The molecule has 0 aromatic carbocycles. The smallest absolute Gasteiger partial charge is 0.183 e. The van der Waals surface area contributed by atoms with Crippen molar-refractivity contribution >= 4 is 5.82 Å². The van der Waals surface area contributed by atoms with Gasteiger partial charge in [0.1, 0.15) is 6.07 Å². The van der Waals surface area contributed by atoms with Crippen molar-refractivity contribution < 1.29 is 0 Å². The predicted molar refractivity (Wildman–Crippen MR) is 56.4 cm³/mol. The van der Waals surface area contributed by atoms with Crippen LogP contribution in [0.15, 0.2) is 12.4 Å². The second-order valence-corrected chi connectivity index (χ2v) is 3.86. The topological polar surface area (TPSA) is 56.1 Å². The third kappa shape index (κ3) is 1.76. The molecule has 0 atom stereocenters. The van der Waals surface area contributed by atoms with E-state index in [1.807, 2.05) is 0 Å². The molecule has 1 fully saturated rings. The fourth-order valence-corrected chi connectivity index (χ4v) is 1.60. The van der Waals surface area contributed by atoms with E-state index in [9.17, 15) is 0 Å². The van der Waals surface area contributed by atoms with Gasteiger partial charge >= 0.3 is 0 Å². The third-order valence-corrected chi connectivity index (χ3v) is 2.68. The van der Waals surface area contributed by atoms with E-state index >= 15 is 0 Å². The summed E-state index contributed by atoms with van der Waals surface area (Å²) in [5.41, 5.74) is 0.412. The minimum absolute atomic E-state index is 0.412. The maximum absolute atomic E-state index is 8.87. The van der Waals surface area contributed by atoms with Gasteiger partial charge < -0.3 is 9.80 Å². The van der Waals surface area contributed by atoms with Crippen molar-refractivity contribution in [3.05, 3.63) is 18.1 Å². The first kappa shape index (κ1) is 9.87. The molecule has 78 valence electrons. The summed E-state index contributed by atoms with van der Waals surface area (Å²) in [6, 6.07) is 2.61. The number of aromatic nitrogens is 2. The second-order valence-electron chi connectivity index (χ2n) is 3.86. The van der Waals surface area contributed by atoms with Crippen LogP contribution in [0.2, 0.25) is 0 Å². The largest absolute Gasteiger partial charge is 0.351 e. The van der Waals surface area contributed by atoms with Crippen LogP contribution < -0.4 is 4.90 Å². The van der Waals surface area contributed by atoms with Gasteiger partial charge in [-0.1, -0.05) is 0 Å². The fraction of sp³-hybridized carbons (Fsp3) is 0.500. The van der Waals surface area contributed by atoms with E-state index in [1.54, 1.807) is 12.4 Å². The molecule has 1 saturated heterocycles. The highest BCUT2D eigenvalue weighted by Gasteiger charge is 2.30. The minimum Gasteiger partial charge on any atom is -0.351 e. The fourth-order valence-electron chi connectivity index (χ4n) is 1.60. The van der Waals surface area contributed by atoms with Crippen LogP contribution in [0.3, 0.4) is 0 Å². The highest BCUT2D eigenvalue weighted by atomic mass is 15.3. The van der Waals surface area contributed by atoms with Crippen LogP contribution in [0.4, 0.5) is 5.82 Å². The van der Waals surface area contributed by atoms with Crippen LogP contribution in [-0.2, 0) is 0 Å². The molecule has 0 spiro atoms. The zero-order valence-electron chi connectivity index (χ0n) is 8.88. The molecule has 0 amide bonds. The zero-order chi connectivity index (χ0) is 10.8. The Morgan fingerprint density at radius 2 is 2.07 bits per heavy atom. The number of likely N-dealkylation sites (N-methyl/N-ethyl adjacent to an activating group) is 1. The van der Waals surface area contributed by atoms with Gasteiger partial charge in [0, 0.05) is 31.5 Å². The van der Waals surface area contributed by atoms with Crippen molar-refractivity contribution in [1.29, 1.82) is 5.26 Å². The Morgan fingerprint density at radius 3 is 2.67 bits per heavy atom. The van der Waals surface area contributed by atoms with Crippen LogP contribution in [-0.4, -0.2) is 48.1 Å². The standard InChI is InChI=1S/C10H13N5/c1-14(2)8-6-15(7-8)10-9(5-11)12-3-4-13-10/h3-4,8H,6-7H2,1-2H3. The molecular formula is C10H13N5. The molecule has 15 heavy (non-hydrogen) atoms. The summed E-state index contributed by atoms with van der Waals surface area (Å²) in [5.74, 6) is 0.707.